The van der Waals surface area contributed by atoms with E-state index < -0.39 is 54.8 Å². The molecule has 0 saturated carbocycles. The fraction of sp³-hybridized carbons (Fsp3) is 0.350. The summed E-state index contributed by atoms with van der Waals surface area (Å²) in [5.41, 5.74) is -0.531. The van der Waals surface area contributed by atoms with E-state index in [-0.39, 0.29) is 17.9 Å². The Balaban J connectivity index is 1.57. The molecule has 1 fully saturated rings. The molecule has 1 aromatic heterocycles. The average Bonchev–Trinajstić information content (AvgIpc) is 3.31. The van der Waals surface area contributed by atoms with Crippen LogP contribution in [0.5, 0.6) is 0 Å². The summed E-state index contributed by atoms with van der Waals surface area (Å²) >= 11 is 0. The highest BCUT2D eigenvalue weighted by Crippen LogP contribution is 2.34. The number of nitrogens with zero attached hydrogens (tertiary/aromatic N) is 3. The third-order valence-corrected chi connectivity index (χ3v) is 5.23. The number of alkyl halides is 5. The van der Waals surface area contributed by atoms with Gasteiger partial charge in [-0.3, -0.25) is 14.6 Å². The van der Waals surface area contributed by atoms with Crippen LogP contribution < -0.4 is 10.6 Å². The molecule has 4 rings (SSSR count). The number of hydrogen-bond acceptors (Lipinski definition) is 5. The van der Waals surface area contributed by atoms with Crippen LogP contribution in [0.25, 0.3) is 0 Å². The first-order valence-corrected chi connectivity index (χ1v) is 9.66. The number of amides is 2. The van der Waals surface area contributed by atoms with Crippen molar-refractivity contribution in [3.8, 4) is 0 Å². The highest BCUT2D eigenvalue weighted by atomic mass is 19.4. The van der Waals surface area contributed by atoms with Gasteiger partial charge < -0.3 is 20.4 Å². The van der Waals surface area contributed by atoms with E-state index in [1.165, 1.54) is 41.6 Å². The van der Waals surface area contributed by atoms with Crippen molar-refractivity contribution < 1.29 is 31.5 Å². The molecule has 0 aromatic carbocycles. The highest BCUT2D eigenvalue weighted by molar-refractivity contribution is 5.97. The summed E-state index contributed by atoms with van der Waals surface area (Å²) in [7, 11) is 0. The predicted octanol–water partition coefficient (Wildman–Crippen LogP) is 2.20. The monoisotopic (exact) mass is 455 g/mol. The Hall–Kier alpha value is -3.44. The number of hydrogen-bond donors (Lipinski definition) is 2. The van der Waals surface area contributed by atoms with Crippen molar-refractivity contribution in [2.45, 2.75) is 30.7 Å². The van der Waals surface area contributed by atoms with Crippen molar-refractivity contribution in [3.63, 3.8) is 0 Å². The van der Waals surface area contributed by atoms with E-state index in [1.807, 2.05) is 5.32 Å². The Kier molecular flexibility index (Phi) is 5.39. The zero-order chi connectivity index (χ0) is 23.1. The predicted molar refractivity (Wildman–Crippen MR) is 101 cm³/mol. The van der Waals surface area contributed by atoms with Crippen LogP contribution in [0.1, 0.15) is 18.2 Å². The molecule has 4 heterocycles. The molecule has 12 heteroatoms. The van der Waals surface area contributed by atoms with Gasteiger partial charge in [-0.15, -0.1) is 0 Å². The Morgan fingerprint density at radius 2 is 2.03 bits per heavy atom. The Labute approximate surface area is 179 Å². The van der Waals surface area contributed by atoms with Crippen LogP contribution in [0.3, 0.4) is 0 Å². The standard InChI is InChI=1S/C20H18F5N5O2/c21-19(22)7-10-29(11-19)18(32)16-27-14(13-6-2-4-9-30(13)16)17(31)28-15(20(23,24)25)12-5-1-3-8-26-12/h1-6,8-9,15-16,27H,7,10-11H2,(H,28,31). The van der Waals surface area contributed by atoms with Crippen molar-refractivity contribution in [2.24, 2.45) is 0 Å². The van der Waals surface area contributed by atoms with E-state index in [0.717, 1.165) is 11.0 Å². The summed E-state index contributed by atoms with van der Waals surface area (Å²) in [4.78, 5) is 31.7. The lowest BCUT2D eigenvalue weighted by atomic mass is 10.1. The molecule has 2 amide bonds. The van der Waals surface area contributed by atoms with Crippen LogP contribution in [0.15, 0.2) is 60.2 Å². The topological polar surface area (TPSA) is 77.6 Å². The first-order chi connectivity index (χ1) is 15.1. The van der Waals surface area contributed by atoms with Gasteiger partial charge in [-0.25, -0.2) is 8.78 Å². The molecule has 170 valence electrons. The van der Waals surface area contributed by atoms with Gasteiger partial charge in [0.05, 0.1) is 17.9 Å². The smallest absolute Gasteiger partial charge is 0.351 e. The zero-order valence-electron chi connectivity index (χ0n) is 16.4. The van der Waals surface area contributed by atoms with E-state index in [1.54, 1.807) is 6.08 Å². The number of halogens is 5. The molecule has 3 aliphatic rings. The van der Waals surface area contributed by atoms with Crippen LogP contribution in [-0.2, 0) is 9.59 Å². The second kappa shape index (κ2) is 7.92. The minimum absolute atomic E-state index is 0.149. The highest BCUT2D eigenvalue weighted by Gasteiger charge is 2.47. The maximum atomic E-state index is 13.6. The molecule has 2 unspecified atom stereocenters. The second-order valence-corrected chi connectivity index (χ2v) is 7.48. The number of carbonyl (C=O) groups excluding carboxylic acids is 2. The molecule has 0 bridgehead atoms. The third-order valence-electron chi connectivity index (χ3n) is 5.23. The minimum atomic E-state index is -4.83. The molecule has 1 saturated heterocycles. The molecule has 0 radical (unpaired) electrons. The lowest BCUT2D eigenvalue weighted by Gasteiger charge is -2.28. The van der Waals surface area contributed by atoms with Crippen molar-refractivity contribution in [2.75, 3.05) is 13.1 Å². The lowest BCUT2D eigenvalue weighted by molar-refractivity contribution is -0.163. The van der Waals surface area contributed by atoms with Gasteiger partial charge >= 0.3 is 6.18 Å². The van der Waals surface area contributed by atoms with Gasteiger partial charge in [0.15, 0.2) is 12.2 Å². The number of likely N-dealkylation sites (tertiary alicyclic amines) is 1. The van der Waals surface area contributed by atoms with Gasteiger partial charge in [-0.1, -0.05) is 12.1 Å². The molecule has 3 aliphatic heterocycles. The number of rotatable bonds is 4. The average molecular weight is 455 g/mol. The number of pyridine rings is 1. The van der Waals surface area contributed by atoms with E-state index in [4.69, 9.17) is 0 Å². The number of aromatic nitrogens is 1. The van der Waals surface area contributed by atoms with Crippen LogP contribution in [0.4, 0.5) is 22.0 Å². The molecule has 7 nitrogen and oxygen atoms in total. The number of nitrogens with one attached hydrogen (secondary N) is 2. The first-order valence-electron chi connectivity index (χ1n) is 9.66. The normalized spacial score (nSPS) is 22.6. The van der Waals surface area contributed by atoms with Crippen molar-refractivity contribution in [3.05, 3.63) is 65.9 Å². The minimum Gasteiger partial charge on any atom is -0.351 e. The molecule has 2 atom stereocenters. The van der Waals surface area contributed by atoms with Crippen LogP contribution in [0.2, 0.25) is 0 Å². The van der Waals surface area contributed by atoms with Crippen molar-refractivity contribution in [1.29, 1.82) is 0 Å². The van der Waals surface area contributed by atoms with Crippen LogP contribution in [-0.4, -0.2) is 58.0 Å². The SMILES string of the molecule is O=C(NC(c1ccccn1)C(F)(F)F)C1=C2C=CC=CN2C(C(=O)N2CCC(F)(F)C2)N1. The first kappa shape index (κ1) is 21.8. The Morgan fingerprint density at radius 3 is 2.66 bits per heavy atom. The lowest BCUT2D eigenvalue weighted by Crippen LogP contribution is -2.50. The molecule has 0 aliphatic carbocycles. The number of fused-ring (bicyclic) bond motifs is 1. The van der Waals surface area contributed by atoms with Gasteiger partial charge in [0.2, 0.25) is 0 Å². The summed E-state index contributed by atoms with van der Waals surface area (Å²) in [6, 6.07) is 1.56. The van der Waals surface area contributed by atoms with E-state index in [2.05, 4.69) is 10.3 Å². The molecule has 2 N–H and O–H groups in total. The summed E-state index contributed by atoms with van der Waals surface area (Å²) in [6.45, 7) is -0.922. The molecule has 0 spiro atoms. The fourth-order valence-electron chi connectivity index (χ4n) is 3.71. The molecular weight excluding hydrogens is 437 g/mol. The quantitative estimate of drug-likeness (QED) is 0.681. The summed E-state index contributed by atoms with van der Waals surface area (Å²) in [5, 5.41) is 4.53. The van der Waals surface area contributed by atoms with Gasteiger partial charge in [0, 0.05) is 25.4 Å². The molecule has 32 heavy (non-hydrogen) atoms. The Bertz CT molecular complexity index is 1010. The maximum absolute atomic E-state index is 13.6. The van der Waals surface area contributed by atoms with Gasteiger partial charge in [0.1, 0.15) is 5.70 Å². The third kappa shape index (κ3) is 4.16. The summed E-state index contributed by atoms with van der Waals surface area (Å²) in [5.74, 6) is -4.83. The van der Waals surface area contributed by atoms with Crippen molar-refractivity contribution in [1.82, 2.24) is 25.4 Å². The largest absolute Gasteiger partial charge is 0.414 e. The second-order valence-electron chi connectivity index (χ2n) is 7.48. The van der Waals surface area contributed by atoms with Crippen LogP contribution in [0, 0.1) is 0 Å². The van der Waals surface area contributed by atoms with Gasteiger partial charge in [-0.2, -0.15) is 13.2 Å². The summed E-state index contributed by atoms with van der Waals surface area (Å²) < 4.78 is 67.9. The fourth-order valence-corrected chi connectivity index (χ4v) is 3.71. The van der Waals surface area contributed by atoms with Gasteiger partial charge in [0.25, 0.3) is 17.7 Å². The Morgan fingerprint density at radius 1 is 1.25 bits per heavy atom. The van der Waals surface area contributed by atoms with E-state index >= 15 is 0 Å². The number of carbonyl (C=O) groups is 2. The van der Waals surface area contributed by atoms with Crippen molar-refractivity contribution >= 4 is 11.8 Å². The number of allylic oxidation sites excluding steroid dienone is 3. The molecule has 1 aromatic rings. The van der Waals surface area contributed by atoms with Crippen LogP contribution >= 0.6 is 0 Å². The summed E-state index contributed by atoms with van der Waals surface area (Å²) in [6.07, 6.45) is 0.608. The van der Waals surface area contributed by atoms with E-state index in [9.17, 15) is 31.5 Å². The zero-order valence-corrected chi connectivity index (χ0v) is 16.4. The van der Waals surface area contributed by atoms with Gasteiger partial charge in [-0.05, 0) is 24.3 Å². The van der Waals surface area contributed by atoms with E-state index in [0.29, 0.717) is 0 Å². The maximum Gasteiger partial charge on any atom is 0.414 e. The molecular formula is C20H18F5N5O2.